The Morgan fingerprint density at radius 3 is 2.62 bits per heavy atom. The van der Waals surface area contributed by atoms with E-state index in [9.17, 15) is 0 Å². The van der Waals surface area contributed by atoms with Gasteiger partial charge in [0.15, 0.2) is 0 Å². The van der Waals surface area contributed by atoms with Crippen molar-refractivity contribution in [1.82, 2.24) is 4.90 Å². The molecule has 13 heavy (non-hydrogen) atoms. The van der Waals surface area contributed by atoms with Crippen LogP contribution in [0.4, 0.5) is 0 Å². The summed E-state index contributed by atoms with van der Waals surface area (Å²) in [6.45, 7) is 2.05. The third-order valence-corrected chi connectivity index (χ3v) is 3.38. The lowest BCUT2D eigenvalue weighted by molar-refractivity contribution is 0.234. The second-order valence-electron chi connectivity index (χ2n) is 4.22. The van der Waals surface area contributed by atoms with E-state index in [0.29, 0.717) is 12.1 Å². The van der Waals surface area contributed by atoms with Gasteiger partial charge in [0.25, 0.3) is 0 Å². The van der Waals surface area contributed by atoms with E-state index in [1.54, 1.807) is 0 Å². The maximum atomic E-state index is 5.94. The van der Waals surface area contributed by atoms with Crippen LogP contribution in [-0.4, -0.2) is 42.0 Å². The highest BCUT2D eigenvalue weighted by Gasteiger charge is 2.39. The molecule has 1 saturated carbocycles. The fourth-order valence-corrected chi connectivity index (χ4v) is 2.35. The molecule has 4 N–H and O–H groups in total. The lowest BCUT2D eigenvalue weighted by Crippen LogP contribution is -2.54. The van der Waals surface area contributed by atoms with Crippen molar-refractivity contribution in [3.63, 3.8) is 0 Å². The average Bonchev–Trinajstić information content (AvgIpc) is 2.32. The minimum atomic E-state index is 0.129. The topological polar surface area (TPSA) is 67.6 Å². The molecule has 2 rings (SSSR count). The second kappa shape index (κ2) is 2.96. The van der Waals surface area contributed by atoms with Crippen LogP contribution in [0.5, 0.6) is 0 Å². The van der Waals surface area contributed by atoms with Crippen LogP contribution in [-0.2, 0) is 0 Å². The smallest absolute Gasteiger partial charge is 0.0962 e. The number of fused-ring (bicyclic) bond motifs is 1. The molecule has 1 aliphatic heterocycles. The lowest BCUT2D eigenvalue weighted by atomic mass is 9.84. The van der Waals surface area contributed by atoms with Gasteiger partial charge in [-0.25, -0.2) is 0 Å². The van der Waals surface area contributed by atoms with Gasteiger partial charge in [0.1, 0.15) is 0 Å². The van der Waals surface area contributed by atoms with Crippen LogP contribution < -0.4 is 11.5 Å². The van der Waals surface area contributed by atoms with Crippen LogP contribution >= 0.6 is 0 Å². The Morgan fingerprint density at radius 1 is 1.31 bits per heavy atom. The van der Waals surface area contributed by atoms with Gasteiger partial charge < -0.3 is 16.4 Å². The van der Waals surface area contributed by atoms with Crippen molar-refractivity contribution in [2.45, 2.75) is 43.9 Å². The summed E-state index contributed by atoms with van der Waals surface area (Å²) in [6, 6.07) is 1.16. The van der Waals surface area contributed by atoms with E-state index in [2.05, 4.69) is 23.9 Å². The van der Waals surface area contributed by atoms with Gasteiger partial charge in [-0.15, -0.1) is 0 Å². The molecular formula is C9H18N4. The summed E-state index contributed by atoms with van der Waals surface area (Å²) < 4.78 is 0. The number of amidine groups is 1. The Hall–Kier alpha value is -0.610. The molecule has 2 aliphatic rings. The first kappa shape index (κ1) is 8.97. The van der Waals surface area contributed by atoms with Crippen molar-refractivity contribution >= 4 is 5.84 Å². The number of likely N-dealkylation sites (N-methyl/N-ethyl adjacent to an activating group) is 1. The monoisotopic (exact) mass is 182 g/mol. The van der Waals surface area contributed by atoms with Gasteiger partial charge in [0.2, 0.25) is 0 Å². The van der Waals surface area contributed by atoms with E-state index < -0.39 is 0 Å². The number of rotatable bonds is 0. The van der Waals surface area contributed by atoms with E-state index in [-0.39, 0.29) is 12.1 Å². The molecule has 1 fully saturated rings. The Bertz CT molecular complexity index is 238. The van der Waals surface area contributed by atoms with E-state index in [4.69, 9.17) is 11.5 Å². The molecule has 0 bridgehead atoms. The normalized spacial score (nSPS) is 44.6. The molecule has 4 unspecified atom stereocenters. The highest BCUT2D eigenvalue weighted by molar-refractivity contribution is 5.82. The van der Waals surface area contributed by atoms with Crippen molar-refractivity contribution in [3.05, 3.63) is 0 Å². The van der Waals surface area contributed by atoms with Gasteiger partial charge >= 0.3 is 0 Å². The van der Waals surface area contributed by atoms with Crippen molar-refractivity contribution in [3.8, 4) is 0 Å². The van der Waals surface area contributed by atoms with Crippen LogP contribution in [0.1, 0.15) is 19.8 Å². The first-order valence-electron chi connectivity index (χ1n) is 4.88. The average molecular weight is 182 g/mol. The molecule has 4 nitrogen and oxygen atoms in total. The van der Waals surface area contributed by atoms with Crippen molar-refractivity contribution < 1.29 is 0 Å². The van der Waals surface area contributed by atoms with Crippen LogP contribution in [0, 0.1) is 0 Å². The Labute approximate surface area is 79.0 Å². The number of nitrogens with zero attached hydrogens (tertiary/aromatic N) is 2. The quantitative estimate of drug-likeness (QED) is 0.532. The molecule has 1 heterocycles. The second-order valence-corrected chi connectivity index (χ2v) is 4.22. The summed E-state index contributed by atoms with van der Waals surface area (Å²) in [5.41, 5.74) is 11.9. The molecule has 4 heteroatoms. The van der Waals surface area contributed by atoms with Crippen molar-refractivity contribution in [2.24, 2.45) is 16.5 Å². The van der Waals surface area contributed by atoms with E-state index >= 15 is 0 Å². The Kier molecular flexibility index (Phi) is 2.04. The molecule has 0 amide bonds. The highest BCUT2D eigenvalue weighted by atomic mass is 15.3. The Morgan fingerprint density at radius 2 is 1.92 bits per heavy atom. The van der Waals surface area contributed by atoms with Gasteiger partial charge in [-0.3, -0.25) is 4.99 Å². The standard InChI is InChI=1S/C9H18N4/c1-5-12-8-3-6(10)7(11)4-9(8)13(5)2/h6-9H,3-4,10-11H2,1-2H3. The predicted octanol–water partition coefficient (Wildman–Crippen LogP) is -0.464. The molecule has 74 valence electrons. The molecule has 0 spiro atoms. The summed E-state index contributed by atoms with van der Waals surface area (Å²) in [6.07, 6.45) is 1.91. The van der Waals surface area contributed by atoms with Gasteiger partial charge in [0.05, 0.1) is 17.9 Å². The van der Waals surface area contributed by atoms with Crippen molar-refractivity contribution in [2.75, 3.05) is 7.05 Å². The zero-order chi connectivity index (χ0) is 9.59. The fourth-order valence-electron chi connectivity index (χ4n) is 2.35. The largest absolute Gasteiger partial charge is 0.358 e. The number of aliphatic imine (C=N–C) groups is 1. The molecule has 0 aromatic rings. The minimum Gasteiger partial charge on any atom is -0.358 e. The summed E-state index contributed by atoms with van der Waals surface area (Å²) in [5.74, 6) is 1.12. The fraction of sp³-hybridized carbons (Fsp3) is 0.889. The molecule has 0 aromatic heterocycles. The lowest BCUT2D eigenvalue weighted by Gasteiger charge is -2.36. The number of nitrogens with two attached hydrogens (primary N) is 2. The maximum absolute atomic E-state index is 5.94. The van der Waals surface area contributed by atoms with Gasteiger partial charge in [-0.2, -0.15) is 0 Å². The number of hydrogen-bond donors (Lipinski definition) is 2. The van der Waals surface area contributed by atoms with Gasteiger partial charge in [-0.1, -0.05) is 0 Å². The van der Waals surface area contributed by atoms with Crippen LogP contribution in [0.3, 0.4) is 0 Å². The van der Waals surface area contributed by atoms with E-state index in [1.165, 1.54) is 0 Å². The maximum Gasteiger partial charge on any atom is 0.0962 e. The van der Waals surface area contributed by atoms with E-state index in [0.717, 1.165) is 18.7 Å². The van der Waals surface area contributed by atoms with Gasteiger partial charge in [0, 0.05) is 19.1 Å². The van der Waals surface area contributed by atoms with Crippen LogP contribution in [0.2, 0.25) is 0 Å². The summed E-state index contributed by atoms with van der Waals surface area (Å²) >= 11 is 0. The first-order valence-corrected chi connectivity index (χ1v) is 4.88. The Balaban J connectivity index is 2.13. The molecule has 0 radical (unpaired) electrons. The molecule has 4 atom stereocenters. The number of hydrogen-bond acceptors (Lipinski definition) is 4. The zero-order valence-electron chi connectivity index (χ0n) is 8.27. The third-order valence-electron chi connectivity index (χ3n) is 3.38. The highest BCUT2D eigenvalue weighted by Crippen LogP contribution is 2.28. The van der Waals surface area contributed by atoms with Gasteiger partial charge in [-0.05, 0) is 19.8 Å². The summed E-state index contributed by atoms with van der Waals surface area (Å²) in [4.78, 5) is 6.82. The van der Waals surface area contributed by atoms with Crippen LogP contribution in [0.15, 0.2) is 4.99 Å². The van der Waals surface area contributed by atoms with Crippen molar-refractivity contribution in [1.29, 1.82) is 0 Å². The molecule has 1 aliphatic carbocycles. The SMILES string of the molecule is CC1=NC2CC(N)C(N)CC2N1C. The summed E-state index contributed by atoms with van der Waals surface area (Å²) in [7, 11) is 2.09. The first-order chi connectivity index (χ1) is 6.09. The summed E-state index contributed by atoms with van der Waals surface area (Å²) in [5, 5.41) is 0. The molecule has 0 saturated heterocycles. The molecular weight excluding hydrogens is 164 g/mol. The molecule has 0 aromatic carbocycles. The van der Waals surface area contributed by atoms with Crippen LogP contribution in [0.25, 0.3) is 0 Å². The zero-order valence-corrected chi connectivity index (χ0v) is 8.27. The third kappa shape index (κ3) is 1.34. The van der Waals surface area contributed by atoms with E-state index in [1.807, 2.05) is 0 Å². The predicted molar refractivity (Wildman–Crippen MR) is 53.6 cm³/mol. The minimum absolute atomic E-state index is 0.129.